The zero-order valence-corrected chi connectivity index (χ0v) is 20.0. The molecule has 2 aromatic heterocycles. The van der Waals surface area contributed by atoms with E-state index < -0.39 is 36.6 Å². The van der Waals surface area contributed by atoms with E-state index >= 15 is 0 Å². The van der Waals surface area contributed by atoms with Gasteiger partial charge in [0.15, 0.2) is 17.7 Å². The number of aliphatic hydroxyl groups excluding tert-OH is 2. The van der Waals surface area contributed by atoms with E-state index in [1.165, 1.54) is 19.1 Å². The molecular formula is C22H36N8O5. The van der Waals surface area contributed by atoms with Crippen molar-refractivity contribution in [2.75, 3.05) is 45.0 Å². The maximum Gasteiger partial charge on any atom is 0.320 e. The zero-order valence-electron chi connectivity index (χ0n) is 20.0. The number of unbranched alkanes of at least 4 members (excludes halogenated alkanes) is 1. The van der Waals surface area contributed by atoms with Gasteiger partial charge in [-0.25, -0.2) is 15.0 Å². The number of aliphatic hydroxyl groups is 2. The van der Waals surface area contributed by atoms with Crippen molar-refractivity contribution in [3.63, 3.8) is 0 Å². The number of nitrogen functional groups attached to an aromatic ring is 1. The smallest absolute Gasteiger partial charge is 0.320 e. The highest BCUT2D eigenvalue weighted by molar-refractivity contribution is 5.81. The fourth-order valence-corrected chi connectivity index (χ4v) is 4.84. The Morgan fingerprint density at radius 3 is 2.74 bits per heavy atom. The molecule has 4 heterocycles. The fraction of sp³-hybridized carbons (Fsp3) is 0.727. The first-order valence-corrected chi connectivity index (χ1v) is 12.2. The summed E-state index contributed by atoms with van der Waals surface area (Å²) < 4.78 is 7.64. The van der Waals surface area contributed by atoms with Gasteiger partial charge in [0, 0.05) is 32.7 Å². The molecule has 7 N–H and O–H groups in total. The monoisotopic (exact) mass is 492 g/mol. The molecule has 0 unspecified atom stereocenters. The van der Waals surface area contributed by atoms with Crippen molar-refractivity contribution in [3.8, 4) is 0 Å². The molecular weight excluding hydrogens is 456 g/mol. The van der Waals surface area contributed by atoms with Crippen LogP contribution in [0, 0.1) is 5.92 Å². The number of hydrogen-bond acceptors (Lipinski definition) is 11. The summed E-state index contributed by atoms with van der Waals surface area (Å²) in [6.45, 7) is 6.75. The maximum atomic E-state index is 11.2. The van der Waals surface area contributed by atoms with Crippen LogP contribution in [0.25, 0.3) is 11.2 Å². The Labute approximate surface area is 203 Å². The molecule has 2 saturated heterocycles. The average Bonchev–Trinajstić information content (AvgIpc) is 3.35. The highest BCUT2D eigenvalue weighted by atomic mass is 16.6. The highest BCUT2D eigenvalue weighted by Gasteiger charge is 2.45. The fourth-order valence-electron chi connectivity index (χ4n) is 4.84. The first kappa shape index (κ1) is 25.7. The molecule has 13 nitrogen and oxygen atoms in total. The minimum Gasteiger partial charge on any atom is -0.480 e. The van der Waals surface area contributed by atoms with Gasteiger partial charge < -0.3 is 41.3 Å². The number of aliphatic carboxylic acids is 1. The molecule has 2 fully saturated rings. The molecule has 0 aromatic carbocycles. The van der Waals surface area contributed by atoms with Gasteiger partial charge in [0.1, 0.15) is 36.2 Å². The summed E-state index contributed by atoms with van der Waals surface area (Å²) in [5.41, 5.74) is 12.4. The molecule has 0 radical (unpaired) electrons. The van der Waals surface area contributed by atoms with Gasteiger partial charge in [-0.2, -0.15) is 0 Å². The SMILES string of the molecule is CCCCN1CC(CN(CC[C@H](N)C(=O)O)C[C@H]2O[C@@H](n3cnc4c(N)ncnc43)[C@H](O)[C@@H]2O)C1. The van der Waals surface area contributed by atoms with Crippen LogP contribution >= 0.6 is 0 Å². The first-order valence-electron chi connectivity index (χ1n) is 12.2. The summed E-state index contributed by atoms with van der Waals surface area (Å²) in [7, 11) is 0. The summed E-state index contributed by atoms with van der Waals surface area (Å²) in [5.74, 6) is -0.377. The van der Waals surface area contributed by atoms with Crippen molar-refractivity contribution in [1.82, 2.24) is 29.3 Å². The number of rotatable bonds is 12. The Morgan fingerprint density at radius 1 is 1.26 bits per heavy atom. The van der Waals surface area contributed by atoms with Gasteiger partial charge >= 0.3 is 5.97 Å². The summed E-state index contributed by atoms with van der Waals surface area (Å²) in [6, 6.07) is -0.963. The largest absolute Gasteiger partial charge is 0.480 e. The molecule has 0 saturated carbocycles. The van der Waals surface area contributed by atoms with Gasteiger partial charge in [-0.05, 0) is 25.3 Å². The Morgan fingerprint density at radius 2 is 2.03 bits per heavy atom. The van der Waals surface area contributed by atoms with Crippen LogP contribution in [0.4, 0.5) is 5.82 Å². The summed E-state index contributed by atoms with van der Waals surface area (Å²) >= 11 is 0. The van der Waals surface area contributed by atoms with Gasteiger partial charge in [-0.3, -0.25) is 9.36 Å². The summed E-state index contributed by atoms with van der Waals surface area (Å²) in [6.07, 6.45) is 1.44. The van der Waals surface area contributed by atoms with Gasteiger partial charge in [0.2, 0.25) is 0 Å². The lowest BCUT2D eigenvalue weighted by molar-refractivity contribution is -0.138. The number of aromatic nitrogens is 4. The van der Waals surface area contributed by atoms with E-state index in [4.69, 9.17) is 16.2 Å². The topological polar surface area (TPSA) is 189 Å². The molecule has 0 aliphatic carbocycles. The second kappa shape index (κ2) is 11.1. The third-order valence-electron chi connectivity index (χ3n) is 6.89. The number of ether oxygens (including phenoxy) is 1. The molecule has 194 valence electrons. The molecule has 5 atom stereocenters. The van der Waals surface area contributed by atoms with Gasteiger partial charge in [-0.15, -0.1) is 0 Å². The van der Waals surface area contributed by atoms with Gasteiger partial charge in [0.05, 0.1) is 6.33 Å². The lowest BCUT2D eigenvalue weighted by atomic mass is 9.98. The number of nitrogens with two attached hydrogens (primary N) is 2. The Balaban J connectivity index is 1.42. The van der Waals surface area contributed by atoms with Crippen LogP contribution in [0.3, 0.4) is 0 Å². The zero-order chi connectivity index (χ0) is 25.1. The molecule has 2 aliphatic heterocycles. The van der Waals surface area contributed by atoms with Crippen molar-refractivity contribution in [2.24, 2.45) is 11.7 Å². The van der Waals surface area contributed by atoms with Crippen molar-refractivity contribution in [3.05, 3.63) is 12.7 Å². The summed E-state index contributed by atoms with van der Waals surface area (Å²) in [5, 5.41) is 30.7. The number of imidazole rings is 1. The molecule has 35 heavy (non-hydrogen) atoms. The molecule has 2 aromatic rings. The molecule has 4 rings (SSSR count). The van der Waals surface area contributed by atoms with Crippen molar-refractivity contribution < 1.29 is 24.9 Å². The number of anilines is 1. The van der Waals surface area contributed by atoms with E-state index in [0.29, 0.717) is 30.2 Å². The maximum absolute atomic E-state index is 11.2. The third-order valence-corrected chi connectivity index (χ3v) is 6.89. The van der Waals surface area contributed by atoms with E-state index in [2.05, 4.69) is 31.7 Å². The number of likely N-dealkylation sites (tertiary alicyclic amines) is 1. The highest BCUT2D eigenvalue weighted by Crippen LogP contribution is 2.32. The number of nitrogens with zero attached hydrogens (tertiary/aromatic N) is 6. The first-order chi connectivity index (χ1) is 16.8. The summed E-state index contributed by atoms with van der Waals surface area (Å²) in [4.78, 5) is 28.0. The molecule has 0 bridgehead atoms. The number of carboxylic acids is 1. The minimum atomic E-state index is -1.20. The van der Waals surface area contributed by atoms with Crippen LogP contribution in [0.15, 0.2) is 12.7 Å². The van der Waals surface area contributed by atoms with Gasteiger partial charge in [-0.1, -0.05) is 13.3 Å². The van der Waals surface area contributed by atoms with Crippen LogP contribution in [-0.2, 0) is 9.53 Å². The molecule has 0 spiro atoms. The van der Waals surface area contributed by atoms with Crippen molar-refractivity contribution >= 4 is 23.0 Å². The Hall–Kier alpha value is -2.42. The molecule has 2 aliphatic rings. The van der Waals surface area contributed by atoms with E-state index in [9.17, 15) is 20.1 Å². The van der Waals surface area contributed by atoms with Gasteiger partial charge in [0.25, 0.3) is 0 Å². The van der Waals surface area contributed by atoms with Crippen LogP contribution in [0.2, 0.25) is 0 Å². The Bertz CT molecular complexity index is 999. The second-order valence-electron chi connectivity index (χ2n) is 9.60. The third kappa shape index (κ3) is 5.71. The predicted octanol–water partition coefficient (Wildman–Crippen LogP) is -1.14. The molecule has 13 heteroatoms. The second-order valence-corrected chi connectivity index (χ2v) is 9.60. The van der Waals surface area contributed by atoms with Crippen LogP contribution in [-0.4, -0.2) is 114 Å². The van der Waals surface area contributed by atoms with Crippen LogP contribution in [0.5, 0.6) is 0 Å². The Kier molecular flexibility index (Phi) is 8.14. The lowest BCUT2D eigenvalue weighted by Crippen LogP contribution is -2.53. The normalized spacial score (nSPS) is 26.4. The van der Waals surface area contributed by atoms with E-state index in [1.54, 1.807) is 4.57 Å². The van der Waals surface area contributed by atoms with E-state index in [1.807, 2.05) is 0 Å². The quantitative estimate of drug-likeness (QED) is 0.240. The average molecular weight is 493 g/mol. The minimum absolute atomic E-state index is 0.216. The number of carbonyl (C=O) groups is 1. The van der Waals surface area contributed by atoms with Crippen molar-refractivity contribution in [2.45, 2.75) is 56.8 Å². The number of fused-ring (bicyclic) bond motifs is 1. The number of carboxylic acid groups (broad SMARTS) is 1. The van der Waals surface area contributed by atoms with E-state index in [-0.39, 0.29) is 12.2 Å². The standard InChI is InChI=1S/C22H36N8O5/c1-2-3-5-28-7-13(8-28)9-29(6-4-14(23)22(33)34)10-15-17(31)18(32)21(35-15)30-12-27-16-19(24)25-11-26-20(16)30/h11-15,17-18,21,31-32H,2-10,23H2,1H3,(H,33,34)(H2,24,25,26)/t14-,15+,17+,18+,21+/m0/s1. The van der Waals surface area contributed by atoms with Crippen LogP contribution in [0.1, 0.15) is 32.4 Å². The molecule has 0 amide bonds. The predicted molar refractivity (Wildman–Crippen MR) is 127 cm³/mol. The number of hydrogen-bond donors (Lipinski definition) is 5. The van der Waals surface area contributed by atoms with Crippen LogP contribution < -0.4 is 11.5 Å². The van der Waals surface area contributed by atoms with E-state index in [0.717, 1.165) is 32.6 Å². The lowest BCUT2D eigenvalue weighted by Gasteiger charge is -2.42. The van der Waals surface area contributed by atoms with Crippen molar-refractivity contribution in [1.29, 1.82) is 0 Å².